The lowest BCUT2D eigenvalue weighted by molar-refractivity contribution is -0.150. The molecular weight excluding hydrogens is 263 g/mol. The van der Waals surface area contributed by atoms with Crippen molar-refractivity contribution in [1.82, 2.24) is 0 Å². The number of methoxy groups -OCH3 is 1. The minimum atomic E-state index is -0.358. The van der Waals surface area contributed by atoms with Crippen molar-refractivity contribution in [2.45, 2.75) is 12.8 Å². The SMILES string of the molecule is COC(=O)C(COc1cccc(F)c1)C1CCOCC1. The molecule has 0 aromatic heterocycles. The summed E-state index contributed by atoms with van der Waals surface area (Å²) >= 11 is 0. The first-order valence-electron chi connectivity index (χ1n) is 6.74. The Morgan fingerprint density at radius 2 is 2.20 bits per heavy atom. The predicted molar refractivity (Wildman–Crippen MR) is 70.9 cm³/mol. The summed E-state index contributed by atoms with van der Waals surface area (Å²) in [6, 6.07) is 5.90. The summed E-state index contributed by atoms with van der Waals surface area (Å²) < 4.78 is 28.8. The van der Waals surface area contributed by atoms with Crippen LogP contribution in [0.4, 0.5) is 4.39 Å². The molecule has 1 unspecified atom stereocenters. The van der Waals surface area contributed by atoms with E-state index in [1.165, 1.54) is 19.2 Å². The summed E-state index contributed by atoms with van der Waals surface area (Å²) in [5.74, 6) is -0.376. The van der Waals surface area contributed by atoms with E-state index in [-0.39, 0.29) is 30.2 Å². The van der Waals surface area contributed by atoms with Crippen molar-refractivity contribution in [1.29, 1.82) is 0 Å². The lowest BCUT2D eigenvalue weighted by Crippen LogP contribution is -2.34. The third-order valence-corrected chi connectivity index (χ3v) is 3.56. The zero-order valence-electron chi connectivity index (χ0n) is 11.5. The molecule has 1 aliphatic heterocycles. The van der Waals surface area contributed by atoms with Gasteiger partial charge in [-0.2, -0.15) is 0 Å². The van der Waals surface area contributed by atoms with Crippen LogP contribution in [0.5, 0.6) is 5.75 Å². The normalized spacial score (nSPS) is 17.5. The van der Waals surface area contributed by atoms with Gasteiger partial charge >= 0.3 is 5.97 Å². The van der Waals surface area contributed by atoms with Crippen LogP contribution in [-0.2, 0) is 14.3 Å². The monoisotopic (exact) mass is 282 g/mol. The average Bonchev–Trinajstić information content (AvgIpc) is 2.48. The summed E-state index contributed by atoms with van der Waals surface area (Å²) in [6.45, 7) is 1.50. The van der Waals surface area contributed by atoms with Gasteiger partial charge in [0.2, 0.25) is 0 Å². The zero-order chi connectivity index (χ0) is 14.4. The van der Waals surface area contributed by atoms with Crippen LogP contribution in [0, 0.1) is 17.7 Å². The lowest BCUT2D eigenvalue weighted by atomic mass is 9.86. The van der Waals surface area contributed by atoms with E-state index in [0.717, 1.165) is 12.8 Å². The van der Waals surface area contributed by atoms with Gasteiger partial charge in [0, 0.05) is 19.3 Å². The Kier molecular flexibility index (Phi) is 5.35. The van der Waals surface area contributed by atoms with Crippen LogP contribution in [-0.4, -0.2) is 32.9 Å². The van der Waals surface area contributed by atoms with Gasteiger partial charge in [-0.05, 0) is 30.9 Å². The number of hydrogen-bond acceptors (Lipinski definition) is 4. The maximum Gasteiger partial charge on any atom is 0.312 e. The van der Waals surface area contributed by atoms with Gasteiger partial charge in [-0.1, -0.05) is 6.07 Å². The van der Waals surface area contributed by atoms with E-state index in [4.69, 9.17) is 14.2 Å². The van der Waals surface area contributed by atoms with Crippen molar-refractivity contribution in [3.8, 4) is 5.75 Å². The Labute approximate surface area is 117 Å². The van der Waals surface area contributed by atoms with Gasteiger partial charge in [-0.15, -0.1) is 0 Å². The van der Waals surface area contributed by atoms with Crippen LogP contribution in [0.15, 0.2) is 24.3 Å². The zero-order valence-corrected chi connectivity index (χ0v) is 11.5. The minimum Gasteiger partial charge on any atom is -0.493 e. The lowest BCUT2D eigenvalue weighted by Gasteiger charge is -2.28. The van der Waals surface area contributed by atoms with Crippen LogP contribution in [0.3, 0.4) is 0 Å². The van der Waals surface area contributed by atoms with Gasteiger partial charge in [-0.25, -0.2) is 4.39 Å². The first kappa shape index (κ1) is 14.8. The molecule has 0 N–H and O–H groups in total. The number of rotatable bonds is 5. The van der Waals surface area contributed by atoms with Gasteiger partial charge in [0.15, 0.2) is 0 Å². The number of esters is 1. The molecule has 1 fully saturated rings. The number of halogens is 1. The molecule has 0 aliphatic carbocycles. The number of benzene rings is 1. The maximum atomic E-state index is 13.1. The van der Waals surface area contributed by atoms with Crippen LogP contribution < -0.4 is 4.74 Å². The highest BCUT2D eigenvalue weighted by Crippen LogP contribution is 2.26. The molecule has 0 bridgehead atoms. The molecule has 5 heteroatoms. The molecule has 1 aromatic carbocycles. The fraction of sp³-hybridized carbons (Fsp3) is 0.533. The van der Waals surface area contributed by atoms with E-state index in [0.29, 0.717) is 19.0 Å². The largest absolute Gasteiger partial charge is 0.493 e. The Morgan fingerprint density at radius 1 is 1.45 bits per heavy atom. The molecule has 2 rings (SSSR count). The molecule has 1 aromatic rings. The predicted octanol–water partition coefficient (Wildman–Crippen LogP) is 2.42. The van der Waals surface area contributed by atoms with Gasteiger partial charge in [0.05, 0.1) is 13.0 Å². The van der Waals surface area contributed by atoms with Crippen molar-refractivity contribution in [3.05, 3.63) is 30.1 Å². The van der Waals surface area contributed by atoms with E-state index < -0.39 is 0 Å². The van der Waals surface area contributed by atoms with Crippen molar-refractivity contribution in [3.63, 3.8) is 0 Å². The highest BCUT2D eigenvalue weighted by molar-refractivity contribution is 5.72. The Morgan fingerprint density at radius 3 is 2.85 bits per heavy atom. The van der Waals surface area contributed by atoms with E-state index in [1.54, 1.807) is 12.1 Å². The third-order valence-electron chi connectivity index (χ3n) is 3.56. The van der Waals surface area contributed by atoms with Crippen LogP contribution in [0.25, 0.3) is 0 Å². The maximum absolute atomic E-state index is 13.1. The van der Waals surface area contributed by atoms with Crippen LogP contribution in [0.1, 0.15) is 12.8 Å². The second kappa shape index (κ2) is 7.24. The number of carbonyl (C=O) groups is 1. The Hall–Kier alpha value is -1.62. The van der Waals surface area contributed by atoms with Crippen LogP contribution in [0.2, 0.25) is 0 Å². The molecule has 0 amide bonds. The summed E-state index contributed by atoms with van der Waals surface area (Å²) in [5.41, 5.74) is 0. The molecule has 1 aliphatic rings. The fourth-order valence-corrected chi connectivity index (χ4v) is 2.41. The van der Waals surface area contributed by atoms with Crippen LogP contribution >= 0.6 is 0 Å². The summed E-state index contributed by atoms with van der Waals surface area (Å²) in [7, 11) is 1.37. The Balaban J connectivity index is 1.98. The minimum absolute atomic E-state index is 0.185. The topological polar surface area (TPSA) is 44.8 Å². The molecule has 1 saturated heterocycles. The summed E-state index contributed by atoms with van der Waals surface area (Å²) in [4.78, 5) is 11.9. The van der Waals surface area contributed by atoms with E-state index in [9.17, 15) is 9.18 Å². The molecular formula is C15H19FO4. The number of carbonyl (C=O) groups excluding carboxylic acids is 1. The van der Waals surface area contributed by atoms with E-state index in [2.05, 4.69) is 0 Å². The molecule has 0 spiro atoms. The van der Waals surface area contributed by atoms with E-state index in [1.807, 2.05) is 0 Å². The average molecular weight is 282 g/mol. The summed E-state index contributed by atoms with van der Waals surface area (Å²) in [6.07, 6.45) is 1.62. The first-order chi connectivity index (χ1) is 9.70. The molecule has 1 atom stereocenters. The van der Waals surface area contributed by atoms with Crippen molar-refractivity contribution < 1.29 is 23.4 Å². The number of ether oxygens (including phenoxy) is 3. The molecule has 0 saturated carbocycles. The van der Waals surface area contributed by atoms with Gasteiger partial charge in [0.1, 0.15) is 18.2 Å². The third kappa shape index (κ3) is 3.93. The molecule has 1 heterocycles. The van der Waals surface area contributed by atoms with Gasteiger partial charge in [-0.3, -0.25) is 4.79 Å². The second-order valence-corrected chi connectivity index (χ2v) is 4.85. The first-order valence-corrected chi connectivity index (χ1v) is 6.74. The quantitative estimate of drug-likeness (QED) is 0.778. The second-order valence-electron chi connectivity index (χ2n) is 4.85. The standard InChI is InChI=1S/C15H19FO4/c1-18-15(17)14(11-5-7-19-8-6-11)10-20-13-4-2-3-12(16)9-13/h2-4,9,11,14H,5-8,10H2,1H3. The highest BCUT2D eigenvalue weighted by atomic mass is 19.1. The smallest absolute Gasteiger partial charge is 0.312 e. The number of hydrogen-bond donors (Lipinski definition) is 0. The van der Waals surface area contributed by atoms with Crippen molar-refractivity contribution >= 4 is 5.97 Å². The van der Waals surface area contributed by atoms with E-state index >= 15 is 0 Å². The fourth-order valence-electron chi connectivity index (χ4n) is 2.41. The molecule has 0 radical (unpaired) electrons. The van der Waals surface area contributed by atoms with Gasteiger partial charge in [0.25, 0.3) is 0 Å². The molecule has 20 heavy (non-hydrogen) atoms. The van der Waals surface area contributed by atoms with Gasteiger partial charge < -0.3 is 14.2 Å². The highest BCUT2D eigenvalue weighted by Gasteiger charge is 2.31. The molecule has 110 valence electrons. The summed E-state index contributed by atoms with van der Waals surface area (Å²) in [5, 5.41) is 0. The molecule has 4 nitrogen and oxygen atoms in total. The van der Waals surface area contributed by atoms with Crippen molar-refractivity contribution in [2.24, 2.45) is 11.8 Å². The Bertz CT molecular complexity index is 443. The van der Waals surface area contributed by atoms with Crippen molar-refractivity contribution in [2.75, 3.05) is 26.9 Å².